The van der Waals surface area contributed by atoms with Crippen LogP contribution in [0, 0.1) is 6.07 Å². The Morgan fingerprint density at radius 2 is 1.94 bits per heavy atom. The monoisotopic (exact) mass is 213 g/mol. The number of aromatic nitrogens is 2. The highest BCUT2D eigenvalue weighted by Crippen LogP contribution is 2.23. The number of ether oxygens (including phenoxy) is 1. The van der Waals surface area contributed by atoms with E-state index in [1.807, 2.05) is 32.0 Å². The van der Waals surface area contributed by atoms with Gasteiger partial charge in [-0.3, -0.25) is 4.98 Å². The van der Waals surface area contributed by atoms with E-state index in [9.17, 15) is 0 Å². The number of rotatable bonds is 3. The summed E-state index contributed by atoms with van der Waals surface area (Å²) < 4.78 is 5.76. The Bertz CT molecular complexity index is 440. The number of pyridine rings is 2. The van der Waals surface area contributed by atoms with Gasteiger partial charge in [-0.05, 0) is 38.1 Å². The molecule has 0 aliphatic carbocycles. The van der Waals surface area contributed by atoms with E-state index in [-0.39, 0.29) is 0 Å². The number of nitrogens with zero attached hydrogens (tertiary/aromatic N) is 2. The van der Waals surface area contributed by atoms with Crippen LogP contribution in [0.2, 0.25) is 0 Å². The molecule has 2 rings (SSSR count). The van der Waals surface area contributed by atoms with Gasteiger partial charge >= 0.3 is 0 Å². The molecule has 0 aromatic carbocycles. The maximum Gasteiger partial charge on any atom is 0.222 e. The standard InChI is InChI=1S/C13H13N2O/c1-13(2,11-7-3-5-9-14-11)16-12-8-4-6-10-15-12/h3-7,9-10H,1-2H3. The molecule has 0 fully saturated rings. The normalized spacial score (nSPS) is 11.1. The number of hydrogen-bond donors (Lipinski definition) is 0. The fraction of sp³-hybridized carbons (Fsp3) is 0.231. The van der Waals surface area contributed by atoms with E-state index in [4.69, 9.17) is 4.74 Å². The average molecular weight is 213 g/mol. The molecule has 0 aliphatic heterocycles. The largest absolute Gasteiger partial charge is 0.465 e. The summed E-state index contributed by atoms with van der Waals surface area (Å²) in [6.07, 6.45) is 3.43. The first-order valence-corrected chi connectivity index (χ1v) is 5.12. The van der Waals surface area contributed by atoms with Crippen molar-refractivity contribution in [2.45, 2.75) is 19.4 Å². The highest BCUT2D eigenvalue weighted by Gasteiger charge is 2.24. The van der Waals surface area contributed by atoms with E-state index in [1.54, 1.807) is 24.5 Å². The van der Waals surface area contributed by atoms with E-state index < -0.39 is 5.60 Å². The molecule has 0 N–H and O–H groups in total. The Morgan fingerprint density at radius 3 is 2.56 bits per heavy atom. The second-order valence-electron chi connectivity index (χ2n) is 3.91. The fourth-order valence-corrected chi connectivity index (χ4v) is 1.38. The van der Waals surface area contributed by atoms with Gasteiger partial charge in [0.15, 0.2) is 0 Å². The van der Waals surface area contributed by atoms with E-state index in [0.717, 1.165) is 5.69 Å². The summed E-state index contributed by atoms with van der Waals surface area (Å²) in [6, 6.07) is 12.3. The third-order valence-corrected chi connectivity index (χ3v) is 2.21. The van der Waals surface area contributed by atoms with Crippen LogP contribution in [-0.2, 0) is 5.60 Å². The van der Waals surface area contributed by atoms with Crippen LogP contribution in [0.1, 0.15) is 19.5 Å². The van der Waals surface area contributed by atoms with E-state index >= 15 is 0 Å². The lowest BCUT2D eigenvalue weighted by molar-refractivity contribution is 0.0970. The lowest BCUT2D eigenvalue weighted by Crippen LogP contribution is -2.26. The maximum atomic E-state index is 5.76. The SMILES string of the molecule is CC(C)(Oc1[c]cccn1)c1ccccn1. The predicted octanol–water partition coefficient (Wildman–Crippen LogP) is 2.59. The van der Waals surface area contributed by atoms with Crippen molar-refractivity contribution < 1.29 is 4.74 Å². The van der Waals surface area contributed by atoms with Crippen molar-refractivity contribution in [1.29, 1.82) is 0 Å². The first-order valence-electron chi connectivity index (χ1n) is 5.12. The van der Waals surface area contributed by atoms with Crippen molar-refractivity contribution in [2.75, 3.05) is 0 Å². The zero-order valence-corrected chi connectivity index (χ0v) is 9.34. The van der Waals surface area contributed by atoms with Gasteiger partial charge in [-0.15, -0.1) is 0 Å². The van der Waals surface area contributed by atoms with Gasteiger partial charge in [0.1, 0.15) is 5.60 Å². The van der Waals surface area contributed by atoms with Crippen LogP contribution in [0.25, 0.3) is 0 Å². The molecule has 2 aromatic heterocycles. The van der Waals surface area contributed by atoms with Crippen molar-refractivity contribution in [3.63, 3.8) is 0 Å². The Labute approximate surface area is 95.1 Å². The third-order valence-electron chi connectivity index (χ3n) is 2.21. The van der Waals surface area contributed by atoms with Gasteiger partial charge in [0.25, 0.3) is 0 Å². The lowest BCUT2D eigenvalue weighted by Gasteiger charge is -2.24. The first kappa shape index (κ1) is 10.6. The minimum Gasteiger partial charge on any atom is -0.465 e. The van der Waals surface area contributed by atoms with Crippen LogP contribution >= 0.6 is 0 Å². The fourth-order valence-electron chi connectivity index (χ4n) is 1.38. The summed E-state index contributed by atoms with van der Waals surface area (Å²) in [6.45, 7) is 3.91. The molecule has 0 bridgehead atoms. The summed E-state index contributed by atoms with van der Waals surface area (Å²) in [4.78, 5) is 8.36. The van der Waals surface area contributed by atoms with Gasteiger partial charge in [0, 0.05) is 18.5 Å². The van der Waals surface area contributed by atoms with Gasteiger partial charge in [-0.1, -0.05) is 6.07 Å². The molecule has 3 nitrogen and oxygen atoms in total. The molecule has 0 saturated heterocycles. The van der Waals surface area contributed by atoms with E-state index in [2.05, 4.69) is 16.0 Å². The predicted molar refractivity (Wildman–Crippen MR) is 61.0 cm³/mol. The quantitative estimate of drug-likeness (QED) is 0.786. The molecule has 16 heavy (non-hydrogen) atoms. The average Bonchev–Trinajstić information content (AvgIpc) is 2.31. The minimum absolute atomic E-state index is 0.484. The van der Waals surface area contributed by atoms with Crippen LogP contribution in [0.3, 0.4) is 0 Å². The molecule has 3 heteroatoms. The topological polar surface area (TPSA) is 35.0 Å². The maximum absolute atomic E-state index is 5.76. The van der Waals surface area contributed by atoms with Gasteiger partial charge < -0.3 is 4.74 Å². The molecule has 2 heterocycles. The van der Waals surface area contributed by atoms with Gasteiger partial charge in [0.05, 0.1) is 5.69 Å². The van der Waals surface area contributed by atoms with Crippen molar-refractivity contribution in [3.8, 4) is 5.88 Å². The Morgan fingerprint density at radius 1 is 1.12 bits per heavy atom. The van der Waals surface area contributed by atoms with Crippen molar-refractivity contribution in [3.05, 3.63) is 54.5 Å². The summed E-state index contributed by atoms with van der Waals surface area (Å²) >= 11 is 0. The number of hydrogen-bond acceptors (Lipinski definition) is 3. The second-order valence-corrected chi connectivity index (χ2v) is 3.91. The smallest absolute Gasteiger partial charge is 0.222 e. The van der Waals surface area contributed by atoms with Crippen molar-refractivity contribution >= 4 is 0 Å². The summed E-state index contributed by atoms with van der Waals surface area (Å²) in [5.74, 6) is 0.484. The molecule has 0 spiro atoms. The molecule has 1 radical (unpaired) electrons. The highest BCUT2D eigenvalue weighted by molar-refractivity contribution is 5.15. The van der Waals surface area contributed by atoms with Crippen LogP contribution in [-0.4, -0.2) is 9.97 Å². The molecule has 0 atom stereocenters. The van der Waals surface area contributed by atoms with Crippen molar-refractivity contribution in [1.82, 2.24) is 9.97 Å². The molecule has 2 aromatic rings. The van der Waals surface area contributed by atoms with E-state index in [1.165, 1.54) is 0 Å². The van der Waals surface area contributed by atoms with Gasteiger partial charge in [-0.2, -0.15) is 0 Å². The van der Waals surface area contributed by atoms with Crippen LogP contribution in [0.15, 0.2) is 42.7 Å². The van der Waals surface area contributed by atoms with Crippen molar-refractivity contribution in [2.24, 2.45) is 0 Å². The zero-order chi connectivity index (χ0) is 11.4. The minimum atomic E-state index is -0.508. The first-order chi connectivity index (χ1) is 7.68. The summed E-state index contributed by atoms with van der Waals surface area (Å²) in [7, 11) is 0. The molecule has 81 valence electrons. The van der Waals surface area contributed by atoms with Crippen LogP contribution in [0.4, 0.5) is 0 Å². The van der Waals surface area contributed by atoms with E-state index in [0.29, 0.717) is 5.88 Å². The van der Waals surface area contributed by atoms with Gasteiger partial charge in [-0.25, -0.2) is 4.98 Å². The molecule has 0 amide bonds. The lowest BCUT2D eigenvalue weighted by atomic mass is 10.0. The van der Waals surface area contributed by atoms with Gasteiger partial charge in [0.2, 0.25) is 5.88 Å². The second kappa shape index (κ2) is 4.31. The summed E-state index contributed by atoms with van der Waals surface area (Å²) in [5, 5.41) is 0. The zero-order valence-electron chi connectivity index (χ0n) is 9.34. The molecular weight excluding hydrogens is 200 g/mol. The molecule has 0 aliphatic rings. The Balaban J connectivity index is 2.21. The third kappa shape index (κ3) is 2.37. The molecule has 0 saturated carbocycles. The molecular formula is C13H13N2O. The highest BCUT2D eigenvalue weighted by atomic mass is 16.5. The Kier molecular flexibility index (Phi) is 2.86. The van der Waals surface area contributed by atoms with Crippen LogP contribution < -0.4 is 4.74 Å². The summed E-state index contributed by atoms with van der Waals surface area (Å²) in [5.41, 5.74) is 0.362. The Hall–Kier alpha value is -1.90. The van der Waals surface area contributed by atoms with Crippen LogP contribution in [0.5, 0.6) is 5.88 Å². The molecule has 0 unspecified atom stereocenters.